The second-order valence-electron chi connectivity index (χ2n) is 5.78. The predicted molar refractivity (Wildman–Crippen MR) is 105 cm³/mol. The first-order chi connectivity index (χ1) is 12.6. The Morgan fingerprint density at radius 1 is 1.23 bits per heavy atom. The molecule has 0 radical (unpaired) electrons. The maximum atomic E-state index is 11.5. The number of anilines is 1. The summed E-state index contributed by atoms with van der Waals surface area (Å²) >= 11 is 1.12. The SMILES string of the molecule is C=CC(=O)Nc1ccc(CNCCc2ccc(O)c3[nH]c(=O)sc23)cc1. The summed E-state index contributed by atoms with van der Waals surface area (Å²) in [5.41, 5.74) is 3.36. The molecule has 4 N–H and O–H groups in total. The van der Waals surface area contributed by atoms with Gasteiger partial charge in [-0.1, -0.05) is 36.1 Å². The van der Waals surface area contributed by atoms with E-state index in [0.29, 0.717) is 12.1 Å². The Morgan fingerprint density at radius 3 is 2.73 bits per heavy atom. The number of H-pyrrole nitrogens is 1. The summed E-state index contributed by atoms with van der Waals surface area (Å²) in [5, 5.41) is 15.9. The summed E-state index contributed by atoms with van der Waals surface area (Å²) in [4.78, 5) is 25.3. The van der Waals surface area contributed by atoms with Crippen LogP contribution in [0.25, 0.3) is 10.2 Å². The third kappa shape index (κ3) is 4.19. The molecule has 1 aromatic heterocycles. The number of nitrogens with one attached hydrogen (secondary N) is 3. The van der Waals surface area contributed by atoms with Gasteiger partial charge in [0.2, 0.25) is 5.91 Å². The summed E-state index contributed by atoms with van der Waals surface area (Å²) < 4.78 is 0.805. The molecule has 0 saturated carbocycles. The van der Waals surface area contributed by atoms with Crippen molar-refractivity contribution in [3.05, 3.63) is 69.8 Å². The molecule has 0 spiro atoms. The molecule has 0 unspecified atom stereocenters. The van der Waals surface area contributed by atoms with Crippen LogP contribution in [0, 0.1) is 0 Å². The Kier molecular flexibility index (Phi) is 5.50. The largest absolute Gasteiger partial charge is 0.506 e. The Hall–Kier alpha value is -2.90. The van der Waals surface area contributed by atoms with Crippen molar-refractivity contribution in [1.82, 2.24) is 10.3 Å². The smallest absolute Gasteiger partial charge is 0.305 e. The number of fused-ring (bicyclic) bond motifs is 1. The van der Waals surface area contributed by atoms with Gasteiger partial charge in [0.25, 0.3) is 0 Å². The molecule has 0 aliphatic rings. The summed E-state index contributed by atoms with van der Waals surface area (Å²) in [6, 6.07) is 11.0. The normalized spacial score (nSPS) is 10.8. The Balaban J connectivity index is 1.54. The van der Waals surface area contributed by atoms with Crippen LogP contribution in [0.5, 0.6) is 5.75 Å². The van der Waals surface area contributed by atoms with Crippen LogP contribution in [0.15, 0.2) is 53.8 Å². The number of phenolic OH excluding ortho intramolecular Hbond substituents is 1. The molecule has 26 heavy (non-hydrogen) atoms. The van der Waals surface area contributed by atoms with Crippen molar-refractivity contribution in [3.63, 3.8) is 0 Å². The number of amides is 1. The number of aromatic hydroxyl groups is 1. The molecule has 1 amide bonds. The molecule has 134 valence electrons. The number of aromatic nitrogens is 1. The van der Waals surface area contributed by atoms with E-state index in [4.69, 9.17) is 0 Å². The first-order valence-electron chi connectivity index (χ1n) is 8.13. The minimum Gasteiger partial charge on any atom is -0.506 e. The average molecular weight is 369 g/mol. The minimum absolute atomic E-state index is 0.0960. The second kappa shape index (κ2) is 7.99. The van der Waals surface area contributed by atoms with E-state index in [1.54, 1.807) is 6.07 Å². The highest BCUT2D eigenvalue weighted by Gasteiger charge is 2.09. The van der Waals surface area contributed by atoms with Crippen LogP contribution in [-0.2, 0) is 17.8 Å². The highest BCUT2D eigenvalue weighted by atomic mass is 32.1. The first kappa shape index (κ1) is 17.9. The average Bonchev–Trinajstić information content (AvgIpc) is 3.04. The molecule has 1 heterocycles. The van der Waals surface area contributed by atoms with Gasteiger partial charge in [-0.05, 0) is 48.4 Å². The number of phenols is 1. The summed E-state index contributed by atoms with van der Waals surface area (Å²) in [6.45, 7) is 4.85. The standard InChI is InChI=1S/C19H19N3O3S/c1-2-16(24)21-14-6-3-12(4-7-14)11-20-10-9-13-5-8-15(23)17-18(13)26-19(25)22-17/h2-8,20,23H,1,9-11H2,(H,21,24)(H,22,25). The quantitative estimate of drug-likeness (QED) is 0.380. The van der Waals surface area contributed by atoms with Crippen molar-refractivity contribution < 1.29 is 9.90 Å². The molecule has 7 heteroatoms. The van der Waals surface area contributed by atoms with Gasteiger partial charge in [0, 0.05) is 12.2 Å². The molecule has 6 nitrogen and oxygen atoms in total. The van der Waals surface area contributed by atoms with Gasteiger partial charge in [-0.15, -0.1) is 0 Å². The van der Waals surface area contributed by atoms with Crippen LogP contribution >= 0.6 is 11.3 Å². The second-order valence-corrected chi connectivity index (χ2v) is 6.76. The molecule has 0 saturated heterocycles. The van der Waals surface area contributed by atoms with E-state index in [9.17, 15) is 14.7 Å². The van der Waals surface area contributed by atoms with Crippen LogP contribution in [0.1, 0.15) is 11.1 Å². The number of thiazole rings is 1. The lowest BCUT2D eigenvalue weighted by Gasteiger charge is -2.08. The Labute approximate surface area is 154 Å². The molecule has 0 atom stereocenters. The Morgan fingerprint density at radius 2 is 2.00 bits per heavy atom. The fourth-order valence-corrected chi connectivity index (χ4v) is 3.52. The summed E-state index contributed by atoms with van der Waals surface area (Å²) in [7, 11) is 0. The van der Waals surface area contributed by atoms with Crippen LogP contribution in [0.4, 0.5) is 5.69 Å². The number of carbonyl (C=O) groups is 1. The van der Waals surface area contributed by atoms with E-state index in [-0.39, 0.29) is 16.5 Å². The number of hydrogen-bond donors (Lipinski definition) is 4. The van der Waals surface area contributed by atoms with Gasteiger partial charge >= 0.3 is 4.87 Å². The van der Waals surface area contributed by atoms with Crippen LogP contribution in [0.2, 0.25) is 0 Å². The van der Waals surface area contributed by atoms with Gasteiger partial charge < -0.3 is 20.7 Å². The number of benzene rings is 2. The lowest BCUT2D eigenvalue weighted by molar-refractivity contribution is -0.111. The van der Waals surface area contributed by atoms with E-state index in [1.807, 2.05) is 30.3 Å². The zero-order valence-corrected chi connectivity index (χ0v) is 14.9. The molecule has 0 aliphatic heterocycles. The van der Waals surface area contributed by atoms with Crippen molar-refractivity contribution in [2.45, 2.75) is 13.0 Å². The van der Waals surface area contributed by atoms with E-state index in [1.165, 1.54) is 6.08 Å². The molecule has 0 aliphatic carbocycles. The maximum absolute atomic E-state index is 11.5. The fraction of sp³-hybridized carbons (Fsp3) is 0.158. The van der Waals surface area contributed by atoms with Crippen molar-refractivity contribution in [1.29, 1.82) is 0 Å². The van der Waals surface area contributed by atoms with Crippen LogP contribution < -0.4 is 15.5 Å². The predicted octanol–water partition coefficient (Wildman–Crippen LogP) is 2.75. The number of hydrogen-bond acceptors (Lipinski definition) is 5. The number of aromatic amines is 1. The third-order valence-corrected chi connectivity index (χ3v) is 4.90. The van der Waals surface area contributed by atoms with Gasteiger partial charge in [0.05, 0.1) is 4.70 Å². The number of rotatable bonds is 7. The highest BCUT2D eigenvalue weighted by molar-refractivity contribution is 7.16. The van der Waals surface area contributed by atoms with E-state index in [2.05, 4.69) is 22.2 Å². The van der Waals surface area contributed by atoms with Crippen molar-refractivity contribution >= 4 is 33.1 Å². The minimum atomic E-state index is -0.233. The highest BCUT2D eigenvalue weighted by Crippen LogP contribution is 2.27. The van der Waals surface area contributed by atoms with Gasteiger partial charge in [-0.3, -0.25) is 9.59 Å². The zero-order valence-electron chi connectivity index (χ0n) is 14.0. The number of carbonyl (C=O) groups excluding carboxylic acids is 1. The molecule has 2 aromatic carbocycles. The molecular weight excluding hydrogens is 350 g/mol. The van der Waals surface area contributed by atoms with Gasteiger partial charge in [-0.25, -0.2) is 0 Å². The van der Waals surface area contributed by atoms with E-state index in [0.717, 1.165) is 45.8 Å². The zero-order chi connectivity index (χ0) is 18.5. The van der Waals surface area contributed by atoms with E-state index < -0.39 is 0 Å². The fourth-order valence-electron chi connectivity index (χ4n) is 2.62. The lowest BCUT2D eigenvalue weighted by atomic mass is 10.1. The molecule has 3 rings (SSSR count). The lowest BCUT2D eigenvalue weighted by Crippen LogP contribution is -2.16. The van der Waals surface area contributed by atoms with Crippen LogP contribution in [0.3, 0.4) is 0 Å². The molecule has 3 aromatic rings. The van der Waals surface area contributed by atoms with Crippen LogP contribution in [-0.4, -0.2) is 22.5 Å². The molecule has 0 bridgehead atoms. The van der Waals surface area contributed by atoms with Crippen molar-refractivity contribution in [3.8, 4) is 5.75 Å². The van der Waals surface area contributed by atoms with Crippen molar-refractivity contribution in [2.24, 2.45) is 0 Å². The first-order valence-corrected chi connectivity index (χ1v) is 8.95. The Bertz CT molecular complexity index is 989. The topological polar surface area (TPSA) is 94.2 Å². The van der Waals surface area contributed by atoms with Gasteiger partial charge in [0.15, 0.2) is 0 Å². The van der Waals surface area contributed by atoms with Crippen molar-refractivity contribution in [2.75, 3.05) is 11.9 Å². The summed E-state index contributed by atoms with van der Waals surface area (Å²) in [5.74, 6) is -0.137. The van der Waals surface area contributed by atoms with E-state index >= 15 is 0 Å². The molecule has 0 fully saturated rings. The third-order valence-electron chi connectivity index (χ3n) is 3.95. The summed E-state index contributed by atoms with van der Waals surface area (Å²) in [6.07, 6.45) is 1.98. The van der Waals surface area contributed by atoms with Gasteiger partial charge in [-0.2, -0.15) is 0 Å². The monoisotopic (exact) mass is 369 g/mol. The molecular formula is C19H19N3O3S. The van der Waals surface area contributed by atoms with Gasteiger partial charge in [0.1, 0.15) is 11.3 Å². The maximum Gasteiger partial charge on any atom is 0.305 e.